The summed E-state index contributed by atoms with van der Waals surface area (Å²) in [5.74, 6) is 0.778. The molecule has 6 heteroatoms. The molecule has 1 radical (unpaired) electrons. The van der Waals surface area contributed by atoms with Gasteiger partial charge in [0.1, 0.15) is 5.75 Å². The summed E-state index contributed by atoms with van der Waals surface area (Å²) in [4.78, 5) is 12.6. The molecule has 1 atom stereocenters. The van der Waals surface area contributed by atoms with Crippen molar-refractivity contribution in [1.82, 2.24) is 0 Å². The van der Waals surface area contributed by atoms with E-state index in [1.165, 1.54) is 0 Å². The topological polar surface area (TPSA) is 38.3 Å². The summed E-state index contributed by atoms with van der Waals surface area (Å²) in [5.41, 5.74) is 2.83. The molecule has 4 nitrogen and oxygen atoms in total. The number of nitrogens with zero attached hydrogens (tertiary/aromatic N) is 1. The third-order valence-electron chi connectivity index (χ3n) is 3.61. The molecule has 0 bridgehead atoms. The van der Waals surface area contributed by atoms with Crippen molar-refractivity contribution in [2.45, 2.75) is 39.7 Å². The molecule has 1 amide bonds. The molecule has 0 aromatic heterocycles. The third-order valence-corrected chi connectivity index (χ3v) is 3.86. The molecule has 0 saturated heterocycles. The van der Waals surface area contributed by atoms with Gasteiger partial charge in [-0.25, -0.2) is 0 Å². The minimum Gasteiger partial charge on any atom is -0.497 e. The number of aryl methyl sites for hydroxylation is 2. The number of anilines is 1. The Morgan fingerprint density at radius 1 is 1.32 bits per heavy atom. The zero-order valence-electron chi connectivity index (χ0n) is 14.4. The number of rotatable bonds is 6. The number of hydrogen-bond donors (Lipinski definition) is 1. The Hall–Kier alpha value is -0.0961. The average Bonchev–Trinajstić information content (AvgIpc) is 2.38. The summed E-state index contributed by atoms with van der Waals surface area (Å²) >= 11 is 5.43. The zero-order valence-corrected chi connectivity index (χ0v) is 18.1. The van der Waals surface area contributed by atoms with E-state index >= 15 is 0 Å². The first-order valence-corrected chi connectivity index (χ1v) is 7.58. The van der Waals surface area contributed by atoms with Gasteiger partial charge < -0.3 is 26.8 Å². The third kappa shape index (κ3) is 5.84. The van der Waals surface area contributed by atoms with Gasteiger partial charge in [-0.15, -0.1) is 0 Å². The Bertz CT molecular complexity index is 492. The standard InChI is InChI=1S/C16H26N2O2S.Y/c1-7-8-14(18(4,5)21)16(19)17-15-11(2)9-13(20-6)10-12(15)3;/h9-10,14H,7-8H2,1-6H3,(H,17,19);. The Morgan fingerprint density at radius 2 is 1.82 bits per heavy atom. The van der Waals surface area contributed by atoms with Gasteiger partial charge in [-0.05, 0) is 37.1 Å². The van der Waals surface area contributed by atoms with Crippen molar-refractivity contribution in [3.05, 3.63) is 23.3 Å². The minimum atomic E-state index is -0.231. The van der Waals surface area contributed by atoms with E-state index in [4.69, 9.17) is 17.6 Å². The molecule has 0 aliphatic rings. The fourth-order valence-corrected chi connectivity index (χ4v) is 2.64. The van der Waals surface area contributed by atoms with Crippen molar-refractivity contribution >= 4 is 24.4 Å². The fourth-order valence-electron chi connectivity index (χ4n) is 2.44. The number of nitrogens with one attached hydrogen (secondary N) is 1. The second-order valence-corrected chi connectivity index (χ2v) is 6.81. The van der Waals surface area contributed by atoms with Crippen molar-refractivity contribution in [3.8, 4) is 5.75 Å². The van der Waals surface area contributed by atoms with Crippen LogP contribution in [-0.2, 0) is 50.3 Å². The summed E-state index contributed by atoms with van der Waals surface area (Å²) < 4.78 is 5.46. The van der Waals surface area contributed by atoms with Crippen LogP contribution in [0, 0.1) is 13.8 Å². The monoisotopic (exact) mass is 399 g/mol. The molecular formula is C16H26N2O2SY. The zero-order chi connectivity index (χ0) is 16.2. The van der Waals surface area contributed by atoms with Gasteiger partial charge in [-0.1, -0.05) is 13.3 Å². The number of hydrogen-bond acceptors (Lipinski definition) is 3. The largest absolute Gasteiger partial charge is 0.497 e. The Labute approximate surface area is 165 Å². The fraction of sp³-hybridized carbons (Fsp3) is 0.562. The molecule has 22 heavy (non-hydrogen) atoms. The van der Waals surface area contributed by atoms with E-state index in [0.717, 1.165) is 35.4 Å². The maximum Gasteiger partial charge on any atom is 0.281 e. The Morgan fingerprint density at radius 3 is 2.18 bits per heavy atom. The predicted molar refractivity (Wildman–Crippen MR) is 89.3 cm³/mol. The van der Waals surface area contributed by atoms with Crippen LogP contribution in [0.1, 0.15) is 30.9 Å². The van der Waals surface area contributed by atoms with Crippen LogP contribution < -0.4 is 10.1 Å². The first kappa shape index (κ1) is 21.9. The van der Waals surface area contributed by atoms with Crippen LogP contribution in [0.5, 0.6) is 5.75 Å². The van der Waals surface area contributed by atoms with Crippen molar-refractivity contribution in [1.29, 1.82) is 0 Å². The molecular weight excluding hydrogens is 373 g/mol. The van der Waals surface area contributed by atoms with Crippen LogP contribution in [0.3, 0.4) is 0 Å². The van der Waals surface area contributed by atoms with Crippen LogP contribution in [0.25, 0.3) is 0 Å². The summed E-state index contributed by atoms with van der Waals surface area (Å²) in [6, 6.07) is 3.61. The molecule has 0 aliphatic carbocycles. The normalized spacial score (nSPS) is 12.3. The van der Waals surface area contributed by atoms with E-state index in [1.54, 1.807) is 7.11 Å². The van der Waals surface area contributed by atoms with E-state index in [0.29, 0.717) is 0 Å². The van der Waals surface area contributed by atoms with E-state index in [1.807, 2.05) is 40.1 Å². The predicted octanol–water partition coefficient (Wildman–Crippen LogP) is 2.96. The van der Waals surface area contributed by atoms with Gasteiger partial charge in [0.25, 0.3) is 5.91 Å². The molecule has 1 aromatic rings. The summed E-state index contributed by atoms with van der Waals surface area (Å²) in [5, 5.41) is 3.04. The van der Waals surface area contributed by atoms with E-state index < -0.39 is 0 Å². The quantitative estimate of drug-likeness (QED) is 0.591. The van der Waals surface area contributed by atoms with Crippen LogP contribution >= 0.6 is 0 Å². The molecule has 1 rings (SSSR count). The average molecular weight is 399 g/mol. The van der Waals surface area contributed by atoms with Gasteiger partial charge >= 0.3 is 0 Å². The molecule has 1 aromatic carbocycles. The second-order valence-electron chi connectivity index (χ2n) is 5.86. The molecule has 0 aliphatic heterocycles. The number of ether oxygens (including phenoxy) is 1. The maximum atomic E-state index is 12.6. The molecule has 1 unspecified atom stereocenters. The van der Waals surface area contributed by atoms with Gasteiger partial charge in [0.05, 0.1) is 21.2 Å². The van der Waals surface area contributed by atoms with Crippen molar-refractivity contribution in [2.75, 3.05) is 26.5 Å². The van der Waals surface area contributed by atoms with E-state index in [-0.39, 0.29) is 48.5 Å². The van der Waals surface area contributed by atoms with Crippen molar-refractivity contribution < 1.29 is 46.1 Å². The Balaban J connectivity index is 0.00000441. The number of quaternary nitrogens is 1. The van der Waals surface area contributed by atoms with E-state index in [9.17, 15) is 4.79 Å². The molecule has 0 spiro atoms. The van der Waals surface area contributed by atoms with Gasteiger partial charge in [0.15, 0.2) is 6.04 Å². The molecule has 0 fully saturated rings. The van der Waals surface area contributed by atoms with E-state index in [2.05, 4.69) is 12.2 Å². The number of carbonyl (C=O) groups is 1. The smallest absolute Gasteiger partial charge is 0.281 e. The minimum absolute atomic E-state index is 0. The number of likely N-dealkylation sites (N-methyl/N-ethyl adjacent to an activating group) is 1. The first-order valence-electron chi connectivity index (χ1n) is 7.21. The Kier molecular flexibility index (Phi) is 9.22. The summed E-state index contributed by atoms with van der Waals surface area (Å²) in [6.45, 7) is 6.00. The summed E-state index contributed by atoms with van der Waals surface area (Å²) in [6.07, 6.45) is 1.70. The van der Waals surface area contributed by atoms with Gasteiger partial charge in [0, 0.05) is 44.8 Å². The van der Waals surface area contributed by atoms with Gasteiger partial charge in [0.2, 0.25) is 0 Å². The molecule has 0 heterocycles. The van der Waals surface area contributed by atoms with Crippen LogP contribution in [0.4, 0.5) is 5.69 Å². The SMILES string of the molecule is CCCC(C(=O)Nc1c(C)cc(OC)cc1C)[N+](C)(C)[S-].[Y]. The number of carbonyl (C=O) groups excluding carboxylic acids is 1. The van der Waals surface area contributed by atoms with Crippen LogP contribution in [-0.4, -0.2) is 37.0 Å². The van der Waals surface area contributed by atoms with Gasteiger partial charge in [-0.2, -0.15) is 0 Å². The van der Waals surface area contributed by atoms with Crippen molar-refractivity contribution in [2.24, 2.45) is 0 Å². The molecule has 121 valence electrons. The summed E-state index contributed by atoms with van der Waals surface area (Å²) in [7, 11) is 5.40. The van der Waals surface area contributed by atoms with Gasteiger partial charge in [-0.3, -0.25) is 4.79 Å². The van der Waals surface area contributed by atoms with Crippen LogP contribution in [0.2, 0.25) is 0 Å². The second kappa shape index (κ2) is 9.26. The molecule has 0 saturated carbocycles. The number of amides is 1. The van der Waals surface area contributed by atoms with Crippen molar-refractivity contribution in [3.63, 3.8) is 0 Å². The number of benzene rings is 1. The number of methoxy groups -OCH3 is 1. The maximum absolute atomic E-state index is 12.6. The van der Waals surface area contributed by atoms with Crippen LogP contribution in [0.15, 0.2) is 12.1 Å². The first-order chi connectivity index (χ1) is 9.70. The molecule has 1 N–H and O–H groups in total.